The number of phenolic OH excluding ortho intramolecular Hbond substituents is 1. The van der Waals surface area contributed by atoms with Gasteiger partial charge in [0, 0.05) is 5.02 Å². The number of aliphatic hydroxyl groups excluding tert-OH is 2. The molecule has 0 heterocycles. The first-order valence-electron chi connectivity index (χ1n) is 12.8. The van der Waals surface area contributed by atoms with Crippen molar-refractivity contribution in [1.82, 2.24) is 4.90 Å². The lowest BCUT2D eigenvalue weighted by Crippen LogP contribution is -2.80. The number of aliphatic hydroxyl groups is 2. The van der Waals surface area contributed by atoms with Gasteiger partial charge >= 0.3 is 0 Å². The number of hydrogen-bond acceptors (Lipinski definition) is 10. The summed E-state index contributed by atoms with van der Waals surface area (Å²) in [4.78, 5) is 41.5. The number of fused-ring (bicyclic) bond motifs is 3. The molecule has 0 bridgehead atoms. The third kappa shape index (κ3) is 3.73. The monoisotopic (exact) mass is 589 g/mol. The van der Waals surface area contributed by atoms with Crippen molar-refractivity contribution in [3.05, 3.63) is 80.6 Å². The number of primary amides is 1. The van der Waals surface area contributed by atoms with Gasteiger partial charge in [-0.1, -0.05) is 42.0 Å². The number of ketones is 2. The van der Waals surface area contributed by atoms with Crippen molar-refractivity contribution in [3.63, 3.8) is 0 Å². The molecule has 216 valence electrons. The Morgan fingerprint density at radius 1 is 1.10 bits per heavy atom. The summed E-state index contributed by atoms with van der Waals surface area (Å²) in [5, 5.41) is 44.6. The molecule has 5 rings (SSSR count). The molecular formula is C30H28ClN5O6. The number of nitrogens with zero attached hydrogens (tertiary/aromatic N) is 2. The lowest BCUT2D eigenvalue weighted by atomic mass is 9.47. The van der Waals surface area contributed by atoms with E-state index in [-0.39, 0.29) is 17.7 Å². The number of rotatable bonds is 4. The van der Waals surface area contributed by atoms with Crippen molar-refractivity contribution in [2.45, 2.75) is 30.0 Å². The number of aromatic hydroxyl groups is 1. The molecule has 3 aliphatic rings. The fourth-order valence-electron chi connectivity index (χ4n) is 6.77. The van der Waals surface area contributed by atoms with Crippen LogP contribution in [0.15, 0.2) is 53.3 Å². The lowest BCUT2D eigenvalue weighted by molar-refractivity contribution is -0.139. The van der Waals surface area contributed by atoms with Gasteiger partial charge in [0.05, 0.1) is 34.3 Å². The number of benzene rings is 2. The molecule has 0 saturated heterocycles. The maximum absolute atomic E-state index is 14.4. The molecule has 0 spiro atoms. The summed E-state index contributed by atoms with van der Waals surface area (Å²) in [6.07, 6.45) is 2.95. The van der Waals surface area contributed by atoms with Crippen molar-refractivity contribution < 1.29 is 29.7 Å². The minimum atomic E-state index is -2.70. The predicted molar refractivity (Wildman–Crippen MR) is 155 cm³/mol. The first-order chi connectivity index (χ1) is 19.6. The molecule has 0 aliphatic heterocycles. The van der Waals surface area contributed by atoms with Gasteiger partial charge in [0.1, 0.15) is 22.8 Å². The molecule has 1 saturated carbocycles. The molecule has 1 amide bonds. The summed E-state index contributed by atoms with van der Waals surface area (Å²) in [5.41, 5.74) is 12.8. The third-order valence-electron chi connectivity index (χ3n) is 8.50. The van der Waals surface area contributed by atoms with E-state index in [2.05, 4.69) is 0 Å². The Bertz CT molecular complexity index is 1720. The van der Waals surface area contributed by atoms with Crippen LogP contribution in [0.25, 0.3) is 17.9 Å². The van der Waals surface area contributed by atoms with E-state index in [0.29, 0.717) is 16.1 Å². The molecule has 0 aromatic heterocycles. The zero-order chi connectivity index (χ0) is 30.9. The molecule has 2 aromatic rings. The number of carbonyl (C=O) groups excluding carboxylic acids is 3. The summed E-state index contributed by atoms with van der Waals surface area (Å²) in [7, 11) is 2.93. The maximum atomic E-state index is 14.4. The zero-order valence-corrected chi connectivity index (χ0v) is 23.4. The Labute approximate surface area is 245 Å². The number of carbonyl (C=O) groups is 3. The summed E-state index contributed by atoms with van der Waals surface area (Å²) < 4.78 is 0. The molecule has 3 aliphatic carbocycles. The van der Waals surface area contributed by atoms with E-state index < -0.39 is 69.1 Å². The van der Waals surface area contributed by atoms with E-state index in [1.165, 1.54) is 25.1 Å². The minimum absolute atomic E-state index is 0.0788. The largest absolute Gasteiger partial charge is 0.509 e. The Morgan fingerprint density at radius 3 is 2.31 bits per heavy atom. The van der Waals surface area contributed by atoms with Gasteiger partial charge in [0.25, 0.3) is 5.91 Å². The zero-order valence-electron chi connectivity index (χ0n) is 22.7. The van der Waals surface area contributed by atoms with Crippen molar-refractivity contribution in [1.29, 1.82) is 5.26 Å². The number of likely N-dealkylation sites (N-methyl/N-ethyl adjacent to an activating group) is 1. The Kier molecular flexibility index (Phi) is 6.59. The fraction of sp³-hybridized carbons (Fsp3) is 0.267. The molecule has 4 atom stereocenters. The summed E-state index contributed by atoms with van der Waals surface area (Å²) in [6.45, 7) is 0. The van der Waals surface area contributed by atoms with E-state index in [9.17, 15) is 35.0 Å². The van der Waals surface area contributed by atoms with Gasteiger partial charge in [-0.05, 0) is 61.8 Å². The van der Waals surface area contributed by atoms with Crippen molar-refractivity contribution in [2.24, 2.45) is 22.6 Å². The second-order valence-electron chi connectivity index (χ2n) is 11.2. The van der Waals surface area contributed by atoms with Gasteiger partial charge < -0.3 is 32.5 Å². The van der Waals surface area contributed by atoms with Crippen molar-refractivity contribution in [2.75, 3.05) is 14.1 Å². The molecule has 9 N–H and O–H groups in total. The second-order valence-corrected chi connectivity index (χ2v) is 11.6. The molecule has 0 unspecified atom stereocenters. The topological polar surface area (TPSA) is 217 Å². The SMILES string of the molecule is CN(C)[C@@H]1C(=O)C(C(N)=O)=C(O)[C@@]2(C#N)C(=O)C3=C(O)c4c(O)ccc(/C=C/c5ccc(Cl)cc5)c4C[C@@]3(N)C[C@@]12N. The van der Waals surface area contributed by atoms with Crippen LogP contribution in [0.4, 0.5) is 0 Å². The number of Topliss-reactive ketones (excluding diaryl/α,β-unsaturated/α-hetero) is 2. The average Bonchev–Trinajstić information content (AvgIpc) is 2.88. The number of hydrogen-bond donors (Lipinski definition) is 6. The van der Waals surface area contributed by atoms with Crippen LogP contribution in [-0.2, 0) is 20.8 Å². The maximum Gasteiger partial charge on any atom is 0.255 e. The van der Waals surface area contributed by atoms with Crippen LogP contribution >= 0.6 is 11.6 Å². The van der Waals surface area contributed by atoms with Gasteiger partial charge in [-0.25, -0.2) is 0 Å². The smallest absolute Gasteiger partial charge is 0.255 e. The van der Waals surface area contributed by atoms with Crippen LogP contribution in [0, 0.1) is 16.7 Å². The van der Waals surface area contributed by atoms with Gasteiger partial charge in [-0.15, -0.1) is 0 Å². The van der Waals surface area contributed by atoms with E-state index >= 15 is 0 Å². The highest BCUT2D eigenvalue weighted by atomic mass is 35.5. The second kappa shape index (κ2) is 9.54. The van der Waals surface area contributed by atoms with Gasteiger partial charge in [0.15, 0.2) is 17.0 Å². The van der Waals surface area contributed by atoms with E-state index in [1.807, 2.05) is 0 Å². The molecule has 11 nitrogen and oxygen atoms in total. The highest BCUT2D eigenvalue weighted by Crippen LogP contribution is 2.58. The van der Waals surface area contributed by atoms with Crippen molar-refractivity contribution in [3.8, 4) is 11.8 Å². The highest BCUT2D eigenvalue weighted by molar-refractivity contribution is 6.30. The molecule has 0 radical (unpaired) electrons. The number of nitrogens with two attached hydrogens (primary N) is 3. The molecule has 42 heavy (non-hydrogen) atoms. The quantitative estimate of drug-likeness (QED) is 0.224. The van der Waals surface area contributed by atoms with E-state index in [4.69, 9.17) is 28.8 Å². The summed E-state index contributed by atoms with van der Waals surface area (Å²) in [5.74, 6) is -5.75. The predicted octanol–water partition coefficient (Wildman–Crippen LogP) is 1.73. The first kappa shape index (κ1) is 29.0. The Morgan fingerprint density at radius 2 is 1.74 bits per heavy atom. The van der Waals surface area contributed by atoms with Crippen molar-refractivity contribution >= 4 is 47.0 Å². The van der Waals surface area contributed by atoms with Crippen LogP contribution in [0.3, 0.4) is 0 Å². The van der Waals surface area contributed by atoms with Crippen LogP contribution in [-0.4, -0.2) is 68.9 Å². The fourth-order valence-corrected chi connectivity index (χ4v) is 6.90. The number of phenols is 1. The minimum Gasteiger partial charge on any atom is -0.509 e. The first-order valence-corrected chi connectivity index (χ1v) is 13.2. The lowest BCUT2D eigenvalue weighted by Gasteiger charge is -2.58. The highest BCUT2D eigenvalue weighted by Gasteiger charge is 2.74. The summed E-state index contributed by atoms with van der Waals surface area (Å²) in [6, 6.07) is 10.3. The molecule has 12 heteroatoms. The van der Waals surface area contributed by atoms with E-state index in [0.717, 1.165) is 5.56 Å². The van der Waals surface area contributed by atoms with E-state index in [1.54, 1.807) is 48.6 Å². The Hall–Kier alpha value is -4.47. The molecule has 2 aromatic carbocycles. The third-order valence-corrected chi connectivity index (χ3v) is 8.75. The van der Waals surface area contributed by atoms with Crippen LogP contribution in [0.5, 0.6) is 5.75 Å². The van der Waals surface area contributed by atoms with Gasteiger partial charge in [-0.2, -0.15) is 5.26 Å². The number of amides is 1. The van der Waals surface area contributed by atoms with Gasteiger partial charge in [-0.3, -0.25) is 19.3 Å². The van der Waals surface area contributed by atoms with Gasteiger partial charge in [0.2, 0.25) is 0 Å². The molecule has 1 fully saturated rings. The summed E-state index contributed by atoms with van der Waals surface area (Å²) >= 11 is 5.98. The van der Waals surface area contributed by atoms with Crippen LogP contribution < -0.4 is 17.2 Å². The Balaban J connectivity index is 1.78. The van der Waals surface area contributed by atoms with Crippen LogP contribution in [0.1, 0.15) is 28.7 Å². The molecular weight excluding hydrogens is 562 g/mol. The normalized spacial score (nSPS) is 28.9. The van der Waals surface area contributed by atoms with Crippen LogP contribution in [0.2, 0.25) is 5.02 Å². The number of halogens is 1. The number of nitriles is 1. The average molecular weight is 590 g/mol. The standard InChI is InChI=1S/C30H28ClN5O6/c1-36(2)24-23(39)20(27(33)42)25(40)29(13-32)26(41)21-22(38)19-17(11-28(21,34)12-30(24,29)35)15(7-10-18(19)37)6-3-14-4-8-16(31)9-5-14/h3-10,24,37-38,40H,11-12,34-35H2,1-2H3,(H2,33,42)/b6-3+/t24-,28-,29+,30-/m1/s1.